The number of rotatable bonds is 2. The summed E-state index contributed by atoms with van der Waals surface area (Å²) in [7, 11) is 0. The van der Waals surface area contributed by atoms with Gasteiger partial charge >= 0.3 is 0 Å². The van der Waals surface area contributed by atoms with Gasteiger partial charge in [-0.1, -0.05) is 41.7 Å². The van der Waals surface area contributed by atoms with Crippen LogP contribution < -0.4 is 0 Å². The van der Waals surface area contributed by atoms with E-state index in [-0.39, 0.29) is 10.8 Å². The van der Waals surface area contributed by atoms with Crippen LogP contribution in [0.25, 0.3) is 0 Å². The normalized spacial score (nSPS) is 10.2. The number of hydrogen-bond donors (Lipinski definition) is 0. The predicted molar refractivity (Wildman–Crippen MR) is 56.1 cm³/mol. The van der Waals surface area contributed by atoms with Crippen LogP contribution in [0.2, 0.25) is 15.1 Å². The Morgan fingerprint density at radius 2 is 1.92 bits per heavy atom. The molecule has 0 heterocycles. The van der Waals surface area contributed by atoms with Crippen molar-refractivity contribution in [3.8, 4) is 0 Å². The quantitative estimate of drug-likeness (QED) is 0.555. The molecule has 0 saturated heterocycles. The van der Waals surface area contributed by atoms with Crippen LogP contribution in [0.15, 0.2) is 12.1 Å². The molecule has 4 heteroatoms. The van der Waals surface area contributed by atoms with E-state index in [1.165, 1.54) is 12.1 Å². The molecule has 0 fully saturated rings. The number of hydrogen-bond acceptors (Lipinski definition) is 1. The first-order chi connectivity index (χ1) is 6.06. The predicted octanol–water partition coefficient (Wildman–Crippen LogP) is 4.24. The first-order valence-electron chi connectivity index (χ1n) is 3.74. The summed E-state index contributed by atoms with van der Waals surface area (Å²) < 4.78 is 0. The van der Waals surface area contributed by atoms with E-state index in [9.17, 15) is 4.79 Å². The van der Waals surface area contributed by atoms with Gasteiger partial charge in [-0.05, 0) is 12.1 Å². The van der Waals surface area contributed by atoms with Crippen LogP contribution in [-0.2, 0) is 0 Å². The first-order valence-corrected chi connectivity index (χ1v) is 4.87. The van der Waals surface area contributed by atoms with E-state index >= 15 is 0 Å². The van der Waals surface area contributed by atoms with Crippen molar-refractivity contribution in [3.05, 3.63) is 32.8 Å². The van der Waals surface area contributed by atoms with E-state index in [0.717, 1.165) is 0 Å². The number of ketones is 1. The van der Waals surface area contributed by atoms with Crippen molar-refractivity contribution in [2.24, 2.45) is 0 Å². The third-order valence-electron chi connectivity index (χ3n) is 1.61. The van der Waals surface area contributed by atoms with Gasteiger partial charge in [0.05, 0.1) is 10.0 Å². The molecule has 0 aliphatic heterocycles. The highest BCUT2D eigenvalue weighted by atomic mass is 35.5. The van der Waals surface area contributed by atoms with Gasteiger partial charge in [-0.25, -0.2) is 0 Å². The molecule has 0 saturated carbocycles. The summed E-state index contributed by atoms with van der Waals surface area (Å²) >= 11 is 17.3. The minimum Gasteiger partial charge on any atom is -0.294 e. The zero-order valence-corrected chi connectivity index (χ0v) is 9.17. The van der Waals surface area contributed by atoms with Crippen molar-refractivity contribution in [1.29, 1.82) is 0 Å². The molecule has 0 unspecified atom stereocenters. The van der Waals surface area contributed by atoms with E-state index < -0.39 is 0 Å². The highest BCUT2D eigenvalue weighted by Crippen LogP contribution is 2.30. The standard InChI is InChI=1S/C9H7Cl3O/c1-2-8(13)6-3-5(10)4-7(11)9(6)12/h3-4H,2H2,1H3. The highest BCUT2D eigenvalue weighted by molar-refractivity contribution is 6.45. The third kappa shape index (κ3) is 2.37. The zero-order chi connectivity index (χ0) is 10.0. The Kier molecular flexibility index (Phi) is 3.60. The molecule has 0 atom stereocenters. The van der Waals surface area contributed by atoms with Gasteiger partial charge in [0, 0.05) is 17.0 Å². The maximum Gasteiger partial charge on any atom is 0.164 e. The van der Waals surface area contributed by atoms with Crippen LogP contribution in [0.3, 0.4) is 0 Å². The number of carbonyl (C=O) groups excluding carboxylic acids is 1. The molecule has 0 amide bonds. The lowest BCUT2D eigenvalue weighted by Gasteiger charge is -2.03. The summed E-state index contributed by atoms with van der Waals surface area (Å²) in [6, 6.07) is 3.04. The Bertz CT molecular complexity index is 347. The molecule has 0 aliphatic rings. The molecule has 0 spiro atoms. The molecule has 0 bridgehead atoms. The molecule has 1 aromatic rings. The lowest BCUT2D eigenvalue weighted by atomic mass is 10.1. The van der Waals surface area contributed by atoms with E-state index in [2.05, 4.69) is 0 Å². The lowest BCUT2D eigenvalue weighted by molar-refractivity contribution is 0.0988. The third-order valence-corrected chi connectivity index (χ3v) is 2.63. The van der Waals surface area contributed by atoms with Gasteiger partial charge in [0.2, 0.25) is 0 Å². The summed E-state index contributed by atoms with van der Waals surface area (Å²) in [4.78, 5) is 11.3. The van der Waals surface area contributed by atoms with Crippen LogP contribution in [0.1, 0.15) is 23.7 Å². The fourth-order valence-corrected chi connectivity index (χ4v) is 1.66. The van der Waals surface area contributed by atoms with Gasteiger partial charge in [-0.2, -0.15) is 0 Å². The van der Waals surface area contributed by atoms with Gasteiger partial charge in [0.25, 0.3) is 0 Å². The molecular formula is C9H7Cl3O. The molecule has 0 aliphatic carbocycles. The number of Topliss-reactive ketones (excluding diaryl/α,β-unsaturated/α-hetero) is 1. The summed E-state index contributed by atoms with van der Waals surface area (Å²) in [5.74, 6) is -0.0607. The van der Waals surface area contributed by atoms with Gasteiger partial charge in [-0.3, -0.25) is 4.79 Å². The smallest absolute Gasteiger partial charge is 0.164 e. The van der Waals surface area contributed by atoms with Crippen molar-refractivity contribution in [1.82, 2.24) is 0 Å². The maximum atomic E-state index is 11.3. The zero-order valence-electron chi connectivity index (χ0n) is 6.90. The average molecular weight is 238 g/mol. The summed E-state index contributed by atoms with van der Waals surface area (Å²) in [6.45, 7) is 1.76. The SMILES string of the molecule is CCC(=O)c1cc(Cl)cc(Cl)c1Cl. The monoisotopic (exact) mass is 236 g/mol. The summed E-state index contributed by atoms with van der Waals surface area (Å²) in [6.07, 6.45) is 0.385. The first kappa shape index (κ1) is 10.8. The van der Waals surface area contributed by atoms with Gasteiger partial charge in [-0.15, -0.1) is 0 Å². The molecule has 1 rings (SSSR count). The van der Waals surface area contributed by atoms with Crippen molar-refractivity contribution < 1.29 is 4.79 Å². The molecule has 0 N–H and O–H groups in total. The molecular weight excluding hydrogens is 230 g/mol. The second-order valence-electron chi connectivity index (χ2n) is 2.53. The largest absolute Gasteiger partial charge is 0.294 e. The molecule has 13 heavy (non-hydrogen) atoms. The van der Waals surface area contributed by atoms with E-state index in [1.807, 2.05) is 0 Å². The Hall–Kier alpha value is -0.240. The average Bonchev–Trinajstić information content (AvgIpc) is 2.10. The number of carbonyl (C=O) groups is 1. The molecule has 0 radical (unpaired) electrons. The second-order valence-corrected chi connectivity index (χ2v) is 3.75. The molecule has 1 nitrogen and oxygen atoms in total. The van der Waals surface area contributed by atoms with Gasteiger partial charge in [0.1, 0.15) is 0 Å². The van der Waals surface area contributed by atoms with Crippen LogP contribution >= 0.6 is 34.8 Å². The van der Waals surface area contributed by atoms with Crippen molar-refractivity contribution in [2.45, 2.75) is 13.3 Å². The molecule has 0 aromatic heterocycles. The Morgan fingerprint density at radius 3 is 2.46 bits per heavy atom. The fourth-order valence-electron chi connectivity index (χ4n) is 0.949. The van der Waals surface area contributed by atoms with Gasteiger partial charge in [0.15, 0.2) is 5.78 Å². The number of halogens is 3. The van der Waals surface area contributed by atoms with Crippen molar-refractivity contribution in [3.63, 3.8) is 0 Å². The maximum absolute atomic E-state index is 11.3. The second kappa shape index (κ2) is 4.32. The van der Waals surface area contributed by atoms with Crippen LogP contribution in [0.4, 0.5) is 0 Å². The van der Waals surface area contributed by atoms with Crippen molar-refractivity contribution >= 4 is 40.6 Å². The van der Waals surface area contributed by atoms with Crippen LogP contribution in [0.5, 0.6) is 0 Å². The Morgan fingerprint density at radius 1 is 1.31 bits per heavy atom. The fraction of sp³-hybridized carbons (Fsp3) is 0.222. The van der Waals surface area contributed by atoms with Crippen LogP contribution in [-0.4, -0.2) is 5.78 Å². The van der Waals surface area contributed by atoms with Gasteiger partial charge < -0.3 is 0 Å². The van der Waals surface area contributed by atoms with Crippen LogP contribution in [0, 0.1) is 0 Å². The molecule has 70 valence electrons. The Labute approximate surface area is 91.6 Å². The lowest BCUT2D eigenvalue weighted by Crippen LogP contribution is -1.97. The minimum absolute atomic E-state index is 0.0607. The highest BCUT2D eigenvalue weighted by Gasteiger charge is 2.12. The summed E-state index contributed by atoms with van der Waals surface area (Å²) in [5, 5.41) is 1.01. The number of benzene rings is 1. The van der Waals surface area contributed by atoms with E-state index in [0.29, 0.717) is 22.0 Å². The van der Waals surface area contributed by atoms with Crippen molar-refractivity contribution in [2.75, 3.05) is 0 Å². The van der Waals surface area contributed by atoms with E-state index in [4.69, 9.17) is 34.8 Å². The molecule has 1 aromatic carbocycles. The Balaban J connectivity index is 3.28. The summed E-state index contributed by atoms with van der Waals surface area (Å²) in [5.41, 5.74) is 0.390. The topological polar surface area (TPSA) is 17.1 Å². The van der Waals surface area contributed by atoms with E-state index in [1.54, 1.807) is 6.92 Å². The minimum atomic E-state index is -0.0607.